The molecule has 1 aliphatic rings. The molecule has 1 aromatic carbocycles. The lowest BCUT2D eigenvalue weighted by Crippen LogP contribution is -2.43. The Labute approximate surface area is 128 Å². The van der Waals surface area contributed by atoms with E-state index in [1.807, 2.05) is 23.1 Å². The molecule has 0 spiro atoms. The second-order valence-electron chi connectivity index (χ2n) is 5.10. The third kappa shape index (κ3) is 3.73. The Hall–Kier alpha value is -1.07. The van der Waals surface area contributed by atoms with Crippen LogP contribution in [0.1, 0.15) is 31.7 Å². The first-order valence-corrected chi connectivity index (χ1v) is 7.85. The smallest absolute Gasteiger partial charge is 0.263 e. The maximum atomic E-state index is 12.3. The minimum atomic E-state index is -0.473. The number of nitrogens with two attached hydrogens (primary N) is 1. The van der Waals surface area contributed by atoms with E-state index >= 15 is 0 Å². The third-order valence-corrected chi connectivity index (χ3v) is 4.05. The van der Waals surface area contributed by atoms with Gasteiger partial charge in [-0.1, -0.05) is 15.9 Å². The number of piperidine rings is 1. The maximum absolute atomic E-state index is 12.3. The van der Waals surface area contributed by atoms with Crippen molar-refractivity contribution in [2.45, 2.75) is 38.8 Å². The molecule has 5 heteroatoms. The molecule has 0 radical (unpaired) electrons. The summed E-state index contributed by atoms with van der Waals surface area (Å²) in [5, 5.41) is 0. The molecule has 1 aliphatic heterocycles. The lowest BCUT2D eigenvalue weighted by molar-refractivity contribution is -0.138. The Bertz CT molecular complexity index is 473. The minimum Gasteiger partial charge on any atom is -0.481 e. The zero-order valence-corrected chi connectivity index (χ0v) is 13.4. The van der Waals surface area contributed by atoms with Crippen molar-refractivity contribution in [1.82, 2.24) is 4.90 Å². The molecule has 0 bridgehead atoms. The Kier molecular flexibility index (Phi) is 5.43. The van der Waals surface area contributed by atoms with E-state index in [-0.39, 0.29) is 5.91 Å². The van der Waals surface area contributed by atoms with Crippen molar-refractivity contribution >= 4 is 21.8 Å². The highest BCUT2D eigenvalue weighted by Crippen LogP contribution is 2.24. The number of nitrogens with zero attached hydrogens (tertiary/aromatic N) is 1. The van der Waals surface area contributed by atoms with Crippen LogP contribution in [0.3, 0.4) is 0 Å². The summed E-state index contributed by atoms with van der Waals surface area (Å²) in [5.74, 6) is 0.754. The van der Waals surface area contributed by atoms with Crippen LogP contribution in [0.15, 0.2) is 22.7 Å². The average molecular weight is 341 g/mol. The van der Waals surface area contributed by atoms with Crippen molar-refractivity contribution in [3.05, 3.63) is 28.2 Å². The number of carbonyl (C=O) groups is 1. The molecule has 110 valence electrons. The van der Waals surface area contributed by atoms with Crippen LogP contribution in [-0.4, -0.2) is 30.0 Å². The number of likely N-dealkylation sites (tertiary alicyclic amines) is 1. The van der Waals surface area contributed by atoms with Crippen molar-refractivity contribution < 1.29 is 9.53 Å². The van der Waals surface area contributed by atoms with Crippen LogP contribution in [0.25, 0.3) is 0 Å². The summed E-state index contributed by atoms with van der Waals surface area (Å²) in [7, 11) is 0. The normalized spacial score (nSPS) is 16.9. The van der Waals surface area contributed by atoms with Gasteiger partial charge in [-0.15, -0.1) is 0 Å². The number of carbonyl (C=O) groups excluding carboxylic acids is 1. The Morgan fingerprint density at radius 3 is 2.75 bits per heavy atom. The molecule has 1 heterocycles. The van der Waals surface area contributed by atoms with Crippen molar-refractivity contribution in [2.24, 2.45) is 5.73 Å². The summed E-state index contributed by atoms with van der Waals surface area (Å²) in [6.07, 6.45) is 2.91. The second-order valence-corrected chi connectivity index (χ2v) is 6.02. The summed E-state index contributed by atoms with van der Waals surface area (Å²) >= 11 is 3.41. The van der Waals surface area contributed by atoms with Gasteiger partial charge in [0.2, 0.25) is 0 Å². The van der Waals surface area contributed by atoms with Gasteiger partial charge in [-0.25, -0.2) is 0 Å². The van der Waals surface area contributed by atoms with E-state index in [4.69, 9.17) is 10.5 Å². The molecule has 1 unspecified atom stereocenters. The molecule has 1 saturated heterocycles. The zero-order chi connectivity index (χ0) is 14.5. The molecule has 0 aromatic heterocycles. The molecule has 4 nitrogen and oxygen atoms in total. The third-order valence-electron chi connectivity index (χ3n) is 3.56. The average Bonchev–Trinajstić information content (AvgIpc) is 2.49. The minimum absolute atomic E-state index is 0.0654. The lowest BCUT2D eigenvalue weighted by atomic mass is 10.1. The van der Waals surface area contributed by atoms with Crippen molar-refractivity contribution in [3.63, 3.8) is 0 Å². The highest BCUT2D eigenvalue weighted by Gasteiger charge is 2.23. The first-order chi connectivity index (χ1) is 9.61. The number of hydrogen-bond acceptors (Lipinski definition) is 3. The summed E-state index contributed by atoms with van der Waals surface area (Å²) < 4.78 is 6.77. The van der Waals surface area contributed by atoms with E-state index < -0.39 is 6.10 Å². The maximum Gasteiger partial charge on any atom is 0.263 e. The Morgan fingerprint density at radius 2 is 2.10 bits per heavy atom. The summed E-state index contributed by atoms with van der Waals surface area (Å²) in [4.78, 5) is 14.2. The van der Waals surface area contributed by atoms with Crippen LogP contribution < -0.4 is 10.5 Å². The highest BCUT2D eigenvalue weighted by molar-refractivity contribution is 9.10. The van der Waals surface area contributed by atoms with Gasteiger partial charge in [-0.2, -0.15) is 0 Å². The summed E-state index contributed by atoms with van der Waals surface area (Å²) in [6, 6.07) is 5.67. The Balaban J connectivity index is 2.03. The predicted molar refractivity (Wildman–Crippen MR) is 82.6 cm³/mol. The molecule has 1 aromatic rings. The molecule has 1 atom stereocenters. The number of benzene rings is 1. The molecular formula is C15H21BrN2O2. The van der Waals surface area contributed by atoms with E-state index in [1.54, 1.807) is 6.92 Å². The number of ether oxygens (including phenoxy) is 1. The van der Waals surface area contributed by atoms with Gasteiger partial charge in [0.25, 0.3) is 5.91 Å². The largest absolute Gasteiger partial charge is 0.481 e. The number of hydrogen-bond donors (Lipinski definition) is 1. The van der Waals surface area contributed by atoms with Gasteiger partial charge in [0.05, 0.1) is 0 Å². The lowest BCUT2D eigenvalue weighted by Gasteiger charge is -2.29. The van der Waals surface area contributed by atoms with E-state index in [1.165, 1.54) is 6.42 Å². The quantitative estimate of drug-likeness (QED) is 0.916. The van der Waals surface area contributed by atoms with Crippen LogP contribution in [0.2, 0.25) is 0 Å². The topological polar surface area (TPSA) is 55.6 Å². The fourth-order valence-electron chi connectivity index (χ4n) is 2.43. The molecule has 2 rings (SSSR count). The van der Waals surface area contributed by atoms with Gasteiger partial charge in [-0.05, 0) is 44.4 Å². The van der Waals surface area contributed by atoms with Crippen LogP contribution in [0.5, 0.6) is 5.75 Å². The van der Waals surface area contributed by atoms with E-state index in [0.717, 1.165) is 36.0 Å². The highest BCUT2D eigenvalue weighted by atomic mass is 79.9. The van der Waals surface area contributed by atoms with Crippen LogP contribution in [0.4, 0.5) is 0 Å². The van der Waals surface area contributed by atoms with Crippen LogP contribution in [-0.2, 0) is 11.3 Å². The van der Waals surface area contributed by atoms with Gasteiger partial charge < -0.3 is 15.4 Å². The fourth-order valence-corrected chi connectivity index (χ4v) is 2.84. The summed E-state index contributed by atoms with van der Waals surface area (Å²) in [5.41, 5.74) is 6.62. The monoisotopic (exact) mass is 340 g/mol. The molecule has 2 N–H and O–H groups in total. The summed E-state index contributed by atoms with van der Waals surface area (Å²) in [6.45, 7) is 3.88. The van der Waals surface area contributed by atoms with Gasteiger partial charge in [0.15, 0.2) is 6.10 Å². The first-order valence-electron chi connectivity index (χ1n) is 7.05. The second kappa shape index (κ2) is 7.09. The number of amides is 1. The molecular weight excluding hydrogens is 320 g/mol. The van der Waals surface area contributed by atoms with Gasteiger partial charge in [0.1, 0.15) is 5.75 Å². The van der Waals surface area contributed by atoms with Gasteiger partial charge >= 0.3 is 0 Å². The van der Waals surface area contributed by atoms with E-state index in [2.05, 4.69) is 15.9 Å². The standard InChI is InChI=1S/C15H21BrN2O2/c1-11(15(19)18-7-3-2-4-8-18)20-14-6-5-13(16)9-12(14)10-17/h5-6,9,11H,2-4,7-8,10,17H2,1H3. The molecule has 0 aliphatic carbocycles. The molecule has 0 saturated carbocycles. The van der Waals surface area contributed by atoms with Crippen LogP contribution >= 0.6 is 15.9 Å². The van der Waals surface area contributed by atoms with Crippen molar-refractivity contribution in [3.8, 4) is 5.75 Å². The first kappa shape index (κ1) is 15.3. The van der Waals surface area contributed by atoms with Gasteiger partial charge in [-0.3, -0.25) is 4.79 Å². The predicted octanol–water partition coefficient (Wildman–Crippen LogP) is 2.69. The number of halogens is 1. The zero-order valence-electron chi connectivity index (χ0n) is 11.8. The van der Waals surface area contributed by atoms with Crippen molar-refractivity contribution in [1.29, 1.82) is 0 Å². The number of rotatable bonds is 4. The van der Waals surface area contributed by atoms with E-state index in [0.29, 0.717) is 12.3 Å². The Morgan fingerprint density at radius 1 is 1.40 bits per heavy atom. The SMILES string of the molecule is CC(Oc1ccc(Br)cc1CN)C(=O)N1CCCCC1. The fraction of sp³-hybridized carbons (Fsp3) is 0.533. The molecule has 20 heavy (non-hydrogen) atoms. The molecule has 1 fully saturated rings. The van der Waals surface area contributed by atoms with Crippen molar-refractivity contribution in [2.75, 3.05) is 13.1 Å². The van der Waals surface area contributed by atoms with E-state index in [9.17, 15) is 4.79 Å². The molecule has 1 amide bonds. The van der Waals surface area contributed by atoms with Gasteiger partial charge in [0, 0.05) is 29.7 Å². The van der Waals surface area contributed by atoms with Crippen LogP contribution in [0, 0.1) is 0 Å².